The summed E-state index contributed by atoms with van der Waals surface area (Å²) in [5.74, 6) is 1.03. The Morgan fingerprint density at radius 3 is 2.70 bits per heavy atom. The maximum absolute atomic E-state index is 12.9. The van der Waals surface area contributed by atoms with Crippen LogP contribution in [0, 0.1) is 0 Å². The van der Waals surface area contributed by atoms with Crippen LogP contribution < -0.4 is 10.6 Å². The van der Waals surface area contributed by atoms with Gasteiger partial charge in [-0.2, -0.15) is 11.8 Å². The number of nitrogens with zero attached hydrogens (tertiary/aromatic N) is 1. The first-order valence-corrected chi connectivity index (χ1v) is 12.7. The van der Waals surface area contributed by atoms with E-state index in [4.69, 9.17) is 0 Å². The summed E-state index contributed by atoms with van der Waals surface area (Å²) in [4.78, 5) is 30.3. The molecule has 1 aromatic carbocycles. The molecule has 0 spiro atoms. The van der Waals surface area contributed by atoms with Crippen molar-refractivity contribution in [3.8, 4) is 0 Å². The predicted octanol–water partition coefficient (Wildman–Crippen LogP) is 2.40. The SMILES string of the molecule is CCCCC1CC(=O)N[C@@H](Cc2ccccc2)C2=N[C@H](CS2)C(=O)N[C@H](CO)CS1. The molecule has 0 radical (unpaired) electrons. The molecule has 0 aliphatic carbocycles. The molecule has 3 rings (SSSR count). The molecule has 30 heavy (non-hydrogen) atoms. The van der Waals surface area contributed by atoms with Gasteiger partial charge < -0.3 is 15.7 Å². The summed E-state index contributed by atoms with van der Waals surface area (Å²) in [6, 6.07) is 9.02. The number of aliphatic hydroxyl groups is 1. The Hall–Kier alpha value is -1.51. The Labute approximate surface area is 187 Å². The lowest BCUT2D eigenvalue weighted by Gasteiger charge is -2.23. The minimum absolute atomic E-state index is 0.0235. The molecule has 0 saturated heterocycles. The molecule has 164 valence electrons. The first-order chi connectivity index (χ1) is 14.6. The third-order valence-electron chi connectivity index (χ3n) is 5.28. The maximum Gasteiger partial charge on any atom is 0.246 e. The van der Waals surface area contributed by atoms with Gasteiger partial charge in [-0.15, -0.1) is 11.8 Å². The predicted molar refractivity (Wildman–Crippen MR) is 125 cm³/mol. The topological polar surface area (TPSA) is 90.8 Å². The van der Waals surface area contributed by atoms with Gasteiger partial charge in [0.1, 0.15) is 6.04 Å². The fraction of sp³-hybridized carbons (Fsp3) is 0.591. The third-order valence-corrected chi connectivity index (χ3v) is 7.92. The van der Waals surface area contributed by atoms with Crippen molar-refractivity contribution >= 4 is 40.4 Å². The van der Waals surface area contributed by atoms with Crippen LogP contribution in [0.2, 0.25) is 0 Å². The lowest BCUT2D eigenvalue weighted by molar-refractivity contribution is -0.122. The van der Waals surface area contributed by atoms with Gasteiger partial charge in [0.25, 0.3) is 0 Å². The van der Waals surface area contributed by atoms with E-state index < -0.39 is 6.04 Å². The number of hydrogen-bond acceptors (Lipinski definition) is 6. The van der Waals surface area contributed by atoms with E-state index >= 15 is 0 Å². The van der Waals surface area contributed by atoms with Crippen LogP contribution in [0.1, 0.15) is 38.2 Å². The number of carbonyl (C=O) groups excluding carboxylic acids is 2. The van der Waals surface area contributed by atoms with Crippen LogP contribution in [0.4, 0.5) is 0 Å². The molecule has 4 atom stereocenters. The zero-order valence-electron chi connectivity index (χ0n) is 17.4. The van der Waals surface area contributed by atoms with Crippen molar-refractivity contribution in [3.05, 3.63) is 35.9 Å². The van der Waals surface area contributed by atoms with Gasteiger partial charge in [0.05, 0.1) is 23.7 Å². The quantitative estimate of drug-likeness (QED) is 0.620. The van der Waals surface area contributed by atoms with Crippen LogP contribution in [-0.2, 0) is 16.0 Å². The van der Waals surface area contributed by atoms with Crippen molar-refractivity contribution in [2.45, 2.75) is 62.4 Å². The van der Waals surface area contributed by atoms with Gasteiger partial charge in [0.15, 0.2) is 0 Å². The fourth-order valence-electron chi connectivity index (χ4n) is 3.59. The van der Waals surface area contributed by atoms with Crippen molar-refractivity contribution in [2.75, 3.05) is 18.1 Å². The Kier molecular flexibility index (Phi) is 9.08. The number of carbonyl (C=O) groups is 2. The molecule has 2 bridgehead atoms. The maximum atomic E-state index is 12.9. The molecule has 2 aliphatic heterocycles. The Morgan fingerprint density at radius 2 is 1.97 bits per heavy atom. The molecule has 2 heterocycles. The van der Waals surface area contributed by atoms with Crippen molar-refractivity contribution in [3.63, 3.8) is 0 Å². The highest BCUT2D eigenvalue weighted by Gasteiger charge is 2.32. The largest absolute Gasteiger partial charge is 0.394 e. The van der Waals surface area contributed by atoms with E-state index in [9.17, 15) is 14.7 Å². The summed E-state index contributed by atoms with van der Waals surface area (Å²) >= 11 is 3.21. The molecule has 2 aliphatic rings. The van der Waals surface area contributed by atoms with Gasteiger partial charge in [0, 0.05) is 23.2 Å². The number of benzene rings is 1. The van der Waals surface area contributed by atoms with E-state index in [0.29, 0.717) is 24.3 Å². The lowest BCUT2D eigenvalue weighted by atomic mass is 10.1. The number of nitrogens with one attached hydrogen (secondary N) is 2. The highest BCUT2D eigenvalue weighted by Crippen LogP contribution is 2.26. The summed E-state index contributed by atoms with van der Waals surface area (Å²) < 4.78 is 0. The smallest absolute Gasteiger partial charge is 0.246 e. The van der Waals surface area contributed by atoms with E-state index in [1.54, 1.807) is 23.5 Å². The van der Waals surface area contributed by atoms with Crippen LogP contribution in [0.15, 0.2) is 35.3 Å². The molecular weight excluding hydrogens is 418 g/mol. The van der Waals surface area contributed by atoms with Gasteiger partial charge in [-0.25, -0.2) is 0 Å². The minimum atomic E-state index is -0.476. The van der Waals surface area contributed by atoms with Crippen molar-refractivity contribution in [1.29, 1.82) is 0 Å². The summed E-state index contributed by atoms with van der Waals surface area (Å²) in [7, 11) is 0. The normalized spacial score (nSPS) is 27.9. The number of aliphatic hydroxyl groups excluding tert-OH is 1. The van der Waals surface area contributed by atoms with Crippen LogP contribution in [0.3, 0.4) is 0 Å². The molecule has 6 nitrogen and oxygen atoms in total. The molecule has 0 aromatic heterocycles. The Morgan fingerprint density at radius 1 is 1.17 bits per heavy atom. The molecule has 2 amide bonds. The minimum Gasteiger partial charge on any atom is -0.394 e. The Bertz CT molecular complexity index is 744. The number of hydrogen-bond donors (Lipinski definition) is 3. The third kappa shape index (κ3) is 6.75. The van der Waals surface area contributed by atoms with Crippen LogP contribution >= 0.6 is 23.5 Å². The second kappa shape index (κ2) is 11.8. The van der Waals surface area contributed by atoms with Crippen molar-refractivity contribution < 1.29 is 14.7 Å². The van der Waals surface area contributed by atoms with Crippen molar-refractivity contribution in [1.82, 2.24) is 10.6 Å². The fourth-order valence-corrected chi connectivity index (χ4v) is 5.99. The number of unbranched alkanes of at least 4 members (excludes halogenated alkanes) is 1. The average Bonchev–Trinajstić information content (AvgIpc) is 3.24. The Balaban J connectivity index is 1.82. The number of rotatable bonds is 6. The van der Waals surface area contributed by atoms with E-state index in [1.165, 1.54) is 0 Å². The van der Waals surface area contributed by atoms with Gasteiger partial charge in [-0.1, -0.05) is 50.1 Å². The molecule has 1 aromatic rings. The highest BCUT2D eigenvalue weighted by molar-refractivity contribution is 8.14. The summed E-state index contributed by atoms with van der Waals surface area (Å²) in [5, 5.41) is 16.8. The highest BCUT2D eigenvalue weighted by atomic mass is 32.2. The second-order valence-electron chi connectivity index (χ2n) is 7.79. The standard InChI is InChI=1S/C22H31N3O3S2/c1-2-3-9-17-11-20(27)24-18(10-15-7-5-4-6-8-15)22-25-19(14-30-22)21(28)23-16(12-26)13-29-17/h4-8,16-19,26H,2-3,9-14H2,1H3,(H,23,28)(H,24,27)/t16-,17?,18+,19-/m1/s1. The second-order valence-corrected chi connectivity index (χ2v) is 10.2. The number of amides is 2. The van der Waals surface area contributed by atoms with Crippen LogP contribution in [0.5, 0.6) is 0 Å². The van der Waals surface area contributed by atoms with Crippen LogP contribution in [0.25, 0.3) is 0 Å². The molecule has 3 N–H and O–H groups in total. The van der Waals surface area contributed by atoms with E-state index in [1.807, 2.05) is 30.3 Å². The van der Waals surface area contributed by atoms with Crippen LogP contribution in [-0.4, -0.2) is 63.5 Å². The van der Waals surface area contributed by atoms with E-state index in [-0.39, 0.29) is 35.8 Å². The van der Waals surface area contributed by atoms with E-state index in [0.717, 1.165) is 29.9 Å². The molecule has 0 fully saturated rings. The van der Waals surface area contributed by atoms with Gasteiger partial charge in [-0.05, 0) is 18.4 Å². The molecular formula is C22H31N3O3S2. The average molecular weight is 450 g/mol. The zero-order chi connectivity index (χ0) is 21.3. The number of aliphatic imine (C=N–C) groups is 1. The molecule has 8 heteroatoms. The zero-order valence-corrected chi connectivity index (χ0v) is 19.0. The molecule has 0 saturated carbocycles. The molecule has 1 unspecified atom stereocenters. The monoisotopic (exact) mass is 449 g/mol. The van der Waals surface area contributed by atoms with Gasteiger partial charge in [0.2, 0.25) is 11.8 Å². The summed E-state index contributed by atoms with van der Waals surface area (Å²) in [5.41, 5.74) is 1.13. The lowest BCUT2D eigenvalue weighted by Crippen LogP contribution is -2.44. The first-order valence-electron chi connectivity index (χ1n) is 10.7. The van der Waals surface area contributed by atoms with E-state index in [2.05, 4.69) is 22.5 Å². The summed E-state index contributed by atoms with van der Waals surface area (Å²) in [6.07, 6.45) is 4.16. The number of fused-ring (bicyclic) bond motifs is 1. The summed E-state index contributed by atoms with van der Waals surface area (Å²) in [6.45, 7) is 2.03. The first kappa shape index (κ1) is 23.2. The van der Waals surface area contributed by atoms with Gasteiger partial charge in [-0.3, -0.25) is 14.6 Å². The number of thioether (sulfide) groups is 2. The van der Waals surface area contributed by atoms with Crippen molar-refractivity contribution in [2.24, 2.45) is 4.99 Å². The van der Waals surface area contributed by atoms with Gasteiger partial charge >= 0.3 is 0 Å².